The lowest BCUT2D eigenvalue weighted by atomic mass is 9.84. The smallest absolute Gasteiger partial charge is 0.407 e. The Balaban J connectivity index is 0.967. The Morgan fingerprint density at radius 2 is 0.853 bits per heavy atom. The number of hydrogen-bond acceptors (Lipinski definition) is 7. The minimum atomic E-state index is -1.30. The van der Waals surface area contributed by atoms with Gasteiger partial charge in [0.15, 0.2) is 0 Å². The van der Waals surface area contributed by atoms with E-state index in [0.717, 1.165) is 55.6 Å². The summed E-state index contributed by atoms with van der Waals surface area (Å²) >= 11 is 3.70. The van der Waals surface area contributed by atoms with Crippen molar-refractivity contribution in [2.75, 3.05) is 37.8 Å². The molecular formula is C66H62N2O5S2. The molecule has 1 N–H and O–H groups in total. The fourth-order valence-electron chi connectivity index (χ4n) is 10.4. The van der Waals surface area contributed by atoms with Crippen molar-refractivity contribution in [1.82, 2.24) is 10.2 Å². The summed E-state index contributed by atoms with van der Waals surface area (Å²) in [5, 5.41) is 2.74. The van der Waals surface area contributed by atoms with Gasteiger partial charge >= 0.3 is 12.1 Å². The number of nitrogens with zero attached hydrogens (tertiary/aromatic N) is 1. The number of fused-ring (bicyclic) bond motifs is 3. The maximum atomic E-state index is 15.0. The maximum Gasteiger partial charge on any atom is 0.407 e. The molecule has 0 radical (unpaired) electrons. The van der Waals surface area contributed by atoms with Crippen LogP contribution in [0.25, 0.3) is 11.1 Å². The summed E-state index contributed by atoms with van der Waals surface area (Å²) < 4.78 is 10.4. The molecule has 0 bridgehead atoms. The molecule has 8 aromatic carbocycles. The number of thioether (sulfide) groups is 2. The van der Waals surface area contributed by atoms with Gasteiger partial charge in [0.25, 0.3) is 0 Å². The van der Waals surface area contributed by atoms with Crippen LogP contribution in [0.3, 0.4) is 0 Å². The van der Waals surface area contributed by atoms with Crippen molar-refractivity contribution in [3.8, 4) is 11.1 Å². The Morgan fingerprint density at radius 1 is 0.507 bits per heavy atom. The van der Waals surface area contributed by atoms with Crippen LogP contribution in [0.4, 0.5) is 4.79 Å². The summed E-state index contributed by atoms with van der Waals surface area (Å²) in [6, 6.07) is 78.5. The largest absolute Gasteiger partial charge is 0.460 e. The van der Waals surface area contributed by atoms with E-state index in [-0.39, 0.29) is 31.5 Å². The topological polar surface area (TPSA) is 84.9 Å². The monoisotopic (exact) mass is 1030 g/mol. The molecule has 0 unspecified atom stereocenters. The summed E-state index contributed by atoms with van der Waals surface area (Å²) in [6.45, 7) is 4.54. The molecule has 0 saturated carbocycles. The lowest BCUT2D eigenvalue weighted by Gasteiger charge is -2.36. The summed E-state index contributed by atoms with van der Waals surface area (Å²) in [7, 11) is 0. The van der Waals surface area contributed by atoms with Crippen LogP contribution in [0.1, 0.15) is 69.7 Å². The fraction of sp³-hybridized carbons (Fsp3) is 0.197. The van der Waals surface area contributed by atoms with Gasteiger partial charge in [-0.05, 0) is 80.0 Å². The summed E-state index contributed by atoms with van der Waals surface area (Å²) in [5.74, 6) is 0.221. The van der Waals surface area contributed by atoms with Crippen molar-refractivity contribution in [2.45, 2.75) is 40.7 Å². The predicted molar refractivity (Wildman–Crippen MR) is 307 cm³/mol. The zero-order valence-corrected chi connectivity index (χ0v) is 43.7. The van der Waals surface area contributed by atoms with Gasteiger partial charge in [-0.25, -0.2) is 9.59 Å². The summed E-state index contributed by atoms with van der Waals surface area (Å²) in [4.78, 5) is 44.4. The molecule has 9 rings (SSSR count). The van der Waals surface area contributed by atoms with Gasteiger partial charge in [0.2, 0.25) is 5.91 Å². The van der Waals surface area contributed by atoms with Crippen molar-refractivity contribution < 1.29 is 23.9 Å². The lowest BCUT2D eigenvalue weighted by Crippen LogP contribution is -2.46. The molecule has 0 aliphatic heterocycles. The second-order valence-electron chi connectivity index (χ2n) is 18.5. The summed E-state index contributed by atoms with van der Waals surface area (Å²) in [6.07, 6.45) is 1.66. The van der Waals surface area contributed by atoms with Crippen LogP contribution in [-0.4, -0.2) is 66.7 Å². The molecule has 0 saturated heterocycles. The number of benzene rings is 8. The first-order valence-electron chi connectivity index (χ1n) is 25.7. The highest BCUT2D eigenvalue weighted by Crippen LogP contribution is 2.50. The van der Waals surface area contributed by atoms with E-state index in [1.807, 2.05) is 89.1 Å². The summed E-state index contributed by atoms with van der Waals surface area (Å²) in [5.41, 5.74) is 11.3. The van der Waals surface area contributed by atoms with Gasteiger partial charge in [0, 0.05) is 19.0 Å². The average molecular weight is 1030 g/mol. The van der Waals surface area contributed by atoms with Gasteiger partial charge in [-0.15, -0.1) is 23.5 Å². The Morgan fingerprint density at radius 3 is 1.21 bits per heavy atom. The number of carbonyl (C=O) groups is 3. The first-order chi connectivity index (χ1) is 36.9. The van der Waals surface area contributed by atoms with E-state index in [9.17, 15) is 14.4 Å². The fourth-order valence-corrected chi connectivity index (χ4v) is 13.4. The van der Waals surface area contributed by atoms with Crippen LogP contribution in [-0.2, 0) is 28.6 Å². The molecule has 9 heteroatoms. The van der Waals surface area contributed by atoms with Crippen LogP contribution >= 0.6 is 23.5 Å². The number of carbonyl (C=O) groups excluding carboxylic acids is 3. The van der Waals surface area contributed by atoms with E-state index in [4.69, 9.17) is 9.47 Å². The zero-order chi connectivity index (χ0) is 51.7. The number of nitrogens with one attached hydrogen (secondary N) is 1. The second-order valence-corrected chi connectivity index (χ2v) is 21.1. The molecule has 1 atom stereocenters. The number of ether oxygens (including phenoxy) is 2. The first-order valence-corrected chi connectivity index (χ1v) is 27.7. The van der Waals surface area contributed by atoms with Crippen LogP contribution in [0.5, 0.6) is 0 Å². The maximum absolute atomic E-state index is 15.0. The van der Waals surface area contributed by atoms with Crippen LogP contribution in [0, 0.1) is 0 Å². The van der Waals surface area contributed by atoms with E-state index < -0.39 is 27.6 Å². The molecule has 0 fully saturated rings. The minimum Gasteiger partial charge on any atom is -0.460 e. The normalized spacial score (nSPS) is 12.4. The van der Waals surface area contributed by atoms with Crippen LogP contribution in [0.15, 0.2) is 243 Å². The Labute approximate surface area is 450 Å². The van der Waals surface area contributed by atoms with Crippen molar-refractivity contribution in [3.05, 3.63) is 288 Å². The highest BCUT2D eigenvalue weighted by Gasteiger charge is 2.39. The molecule has 75 heavy (non-hydrogen) atoms. The molecule has 7 nitrogen and oxygen atoms in total. The lowest BCUT2D eigenvalue weighted by molar-refractivity contribution is -0.147. The van der Waals surface area contributed by atoms with E-state index >= 15 is 0 Å². The Hall–Kier alpha value is -7.59. The molecule has 0 spiro atoms. The van der Waals surface area contributed by atoms with Crippen molar-refractivity contribution >= 4 is 41.5 Å². The Kier molecular flexibility index (Phi) is 17.8. The number of rotatable bonds is 24. The van der Waals surface area contributed by atoms with Crippen molar-refractivity contribution in [1.29, 1.82) is 0 Å². The number of alkyl carbamates (subject to hydrolysis) is 1. The molecule has 1 aliphatic carbocycles. The molecule has 0 aromatic heterocycles. The quantitative estimate of drug-likeness (QED) is 0.0279. The third kappa shape index (κ3) is 12.0. The highest BCUT2D eigenvalue weighted by atomic mass is 32.2. The second kappa shape index (κ2) is 25.6. The van der Waals surface area contributed by atoms with E-state index in [2.05, 4.69) is 182 Å². The molecular weight excluding hydrogens is 965 g/mol. The average Bonchev–Trinajstić information content (AvgIpc) is 3.80. The van der Waals surface area contributed by atoms with Crippen molar-refractivity contribution in [3.63, 3.8) is 0 Å². The van der Waals surface area contributed by atoms with Gasteiger partial charge < -0.3 is 19.7 Å². The van der Waals surface area contributed by atoms with E-state index in [1.54, 1.807) is 0 Å². The minimum absolute atomic E-state index is 0.0521. The van der Waals surface area contributed by atoms with Gasteiger partial charge in [-0.3, -0.25) is 4.79 Å². The third-order valence-electron chi connectivity index (χ3n) is 13.9. The SMILES string of the molecule is C=CCOC(=O)[C@H](CC(=O)N(CCCSC(c1ccccc1)(c1ccccc1)c1ccccc1)CCCSC(c1ccccc1)(c1ccccc1)c1ccccc1)NC(=O)OCC1c2ccccc2-c2ccccc21. The van der Waals surface area contributed by atoms with Crippen LogP contribution < -0.4 is 5.32 Å². The molecule has 2 amide bonds. The molecule has 8 aromatic rings. The van der Waals surface area contributed by atoms with Gasteiger partial charge in [0.1, 0.15) is 19.3 Å². The van der Waals surface area contributed by atoms with Gasteiger partial charge in [0.05, 0.1) is 15.9 Å². The number of hydrogen-bond donors (Lipinski definition) is 1. The standard InChI is InChI=1S/C66H62N2O5S2/c1-2-45-72-63(70)61(67-64(71)73-49-60-58-41-23-21-39-56(58)57-40-22-24-42-59(57)60)48-62(69)68(43-25-46-74-65(50-27-9-3-10-28-50,51-29-11-4-12-30-51)52-31-13-5-14-32-52)44-26-47-75-66(53-33-15-6-16-34-53,54-35-17-7-18-36-54)55-37-19-8-20-38-55/h2-24,27-42,60-61H,1,25-26,43-49H2,(H,67,71)/t61-/m0/s1. The predicted octanol–water partition coefficient (Wildman–Crippen LogP) is 14.1. The van der Waals surface area contributed by atoms with Crippen molar-refractivity contribution in [2.24, 2.45) is 0 Å². The molecule has 1 aliphatic rings. The number of esters is 1. The Bertz CT molecular complexity index is 2730. The van der Waals surface area contributed by atoms with Crippen LogP contribution in [0.2, 0.25) is 0 Å². The highest BCUT2D eigenvalue weighted by molar-refractivity contribution is 8.00. The first kappa shape index (κ1) is 52.3. The molecule has 378 valence electrons. The van der Waals surface area contributed by atoms with E-state index in [1.165, 1.54) is 6.08 Å². The van der Waals surface area contributed by atoms with Gasteiger partial charge in [-0.1, -0.05) is 243 Å². The third-order valence-corrected chi connectivity index (χ3v) is 17.1. The van der Waals surface area contributed by atoms with Gasteiger partial charge in [-0.2, -0.15) is 0 Å². The van der Waals surface area contributed by atoms with E-state index in [0.29, 0.717) is 37.4 Å². The molecule has 0 heterocycles. The number of amides is 2. The zero-order valence-electron chi connectivity index (χ0n) is 42.0.